The molecule has 0 saturated heterocycles. The fourth-order valence-electron chi connectivity index (χ4n) is 2.49. The molecule has 0 aromatic heterocycles. The van der Waals surface area contributed by atoms with Crippen LogP contribution >= 0.6 is 11.6 Å². The molecule has 0 fully saturated rings. The van der Waals surface area contributed by atoms with Gasteiger partial charge in [0.15, 0.2) is 0 Å². The first-order valence-electron chi connectivity index (χ1n) is 7.66. The van der Waals surface area contributed by atoms with E-state index in [0.29, 0.717) is 0 Å². The summed E-state index contributed by atoms with van der Waals surface area (Å²) in [7, 11) is 0. The Bertz CT molecular complexity index is 362. The standard InChI is InChI=1S/C17H28ClN/c1-3-4-5-6-7-8-9-10-17(19)16-13-15(18)12-11-14(16)2/h11-13,17H,3-10,19H2,1-2H3. The molecule has 1 aromatic carbocycles. The molecule has 19 heavy (non-hydrogen) atoms. The van der Waals surface area contributed by atoms with Gasteiger partial charge in [0.05, 0.1) is 0 Å². The summed E-state index contributed by atoms with van der Waals surface area (Å²) in [6, 6.07) is 6.14. The highest BCUT2D eigenvalue weighted by Crippen LogP contribution is 2.24. The zero-order valence-corrected chi connectivity index (χ0v) is 13.2. The van der Waals surface area contributed by atoms with Crippen LogP contribution in [0.3, 0.4) is 0 Å². The number of unbranched alkanes of at least 4 members (excludes halogenated alkanes) is 6. The van der Waals surface area contributed by atoms with E-state index in [1.165, 1.54) is 56.1 Å². The van der Waals surface area contributed by atoms with Crippen molar-refractivity contribution < 1.29 is 0 Å². The summed E-state index contributed by atoms with van der Waals surface area (Å²) < 4.78 is 0. The molecule has 108 valence electrons. The lowest BCUT2D eigenvalue weighted by Crippen LogP contribution is -2.11. The molecule has 0 spiro atoms. The van der Waals surface area contributed by atoms with E-state index in [-0.39, 0.29) is 6.04 Å². The van der Waals surface area contributed by atoms with Crippen LogP contribution in [0.4, 0.5) is 0 Å². The van der Waals surface area contributed by atoms with Crippen molar-refractivity contribution in [1.82, 2.24) is 0 Å². The molecule has 1 unspecified atom stereocenters. The first kappa shape index (κ1) is 16.5. The van der Waals surface area contributed by atoms with Crippen LogP contribution in [-0.2, 0) is 0 Å². The number of aryl methyl sites for hydroxylation is 1. The van der Waals surface area contributed by atoms with Crippen molar-refractivity contribution >= 4 is 11.6 Å². The lowest BCUT2D eigenvalue weighted by atomic mass is 9.97. The molecule has 0 saturated carbocycles. The Morgan fingerprint density at radius 2 is 1.68 bits per heavy atom. The van der Waals surface area contributed by atoms with E-state index in [1.807, 2.05) is 12.1 Å². The molecule has 1 atom stereocenters. The van der Waals surface area contributed by atoms with Gasteiger partial charge in [0.1, 0.15) is 0 Å². The average molecular weight is 282 g/mol. The first-order chi connectivity index (χ1) is 9.15. The van der Waals surface area contributed by atoms with Gasteiger partial charge in [-0.3, -0.25) is 0 Å². The fraction of sp³-hybridized carbons (Fsp3) is 0.647. The Labute approximate surface area is 123 Å². The molecule has 2 heteroatoms. The van der Waals surface area contributed by atoms with Crippen molar-refractivity contribution in [3.8, 4) is 0 Å². The van der Waals surface area contributed by atoms with Gasteiger partial charge >= 0.3 is 0 Å². The van der Waals surface area contributed by atoms with Crippen LogP contribution in [0.15, 0.2) is 18.2 Å². The Morgan fingerprint density at radius 1 is 1.05 bits per heavy atom. The fourth-order valence-corrected chi connectivity index (χ4v) is 2.67. The molecule has 0 amide bonds. The molecule has 1 aromatic rings. The maximum absolute atomic E-state index is 6.27. The van der Waals surface area contributed by atoms with E-state index in [0.717, 1.165) is 11.4 Å². The van der Waals surface area contributed by atoms with E-state index in [9.17, 15) is 0 Å². The third-order valence-corrected chi connectivity index (χ3v) is 3.99. The van der Waals surface area contributed by atoms with Crippen molar-refractivity contribution in [2.75, 3.05) is 0 Å². The normalized spacial score (nSPS) is 12.6. The van der Waals surface area contributed by atoms with Gasteiger partial charge in [-0.15, -0.1) is 0 Å². The van der Waals surface area contributed by atoms with Crippen LogP contribution in [0.5, 0.6) is 0 Å². The smallest absolute Gasteiger partial charge is 0.0409 e. The Kier molecular flexibility index (Phi) is 8.16. The highest BCUT2D eigenvalue weighted by Gasteiger charge is 2.09. The van der Waals surface area contributed by atoms with Crippen LogP contribution < -0.4 is 5.73 Å². The summed E-state index contributed by atoms with van der Waals surface area (Å²) >= 11 is 6.04. The molecule has 0 aliphatic heterocycles. The zero-order chi connectivity index (χ0) is 14.1. The van der Waals surface area contributed by atoms with Crippen LogP contribution in [-0.4, -0.2) is 0 Å². The largest absolute Gasteiger partial charge is 0.324 e. The highest BCUT2D eigenvalue weighted by atomic mass is 35.5. The van der Waals surface area contributed by atoms with Gasteiger partial charge < -0.3 is 5.73 Å². The second-order valence-corrected chi connectivity index (χ2v) is 5.95. The van der Waals surface area contributed by atoms with Crippen molar-refractivity contribution in [3.05, 3.63) is 34.3 Å². The van der Waals surface area contributed by atoms with Crippen LogP contribution in [0.2, 0.25) is 5.02 Å². The third kappa shape index (κ3) is 6.44. The van der Waals surface area contributed by atoms with E-state index in [2.05, 4.69) is 19.9 Å². The van der Waals surface area contributed by atoms with Crippen LogP contribution in [0.25, 0.3) is 0 Å². The van der Waals surface area contributed by atoms with Gasteiger partial charge in [0, 0.05) is 11.1 Å². The number of hydrogen-bond donors (Lipinski definition) is 1. The minimum Gasteiger partial charge on any atom is -0.324 e. The van der Waals surface area contributed by atoms with Gasteiger partial charge in [-0.2, -0.15) is 0 Å². The number of benzene rings is 1. The molecular formula is C17H28ClN. The van der Waals surface area contributed by atoms with Crippen molar-refractivity contribution in [2.45, 2.75) is 71.3 Å². The minimum atomic E-state index is 0.134. The Balaban J connectivity index is 2.23. The monoisotopic (exact) mass is 281 g/mol. The Morgan fingerprint density at radius 3 is 2.37 bits per heavy atom. The minimum absolute atomic E-state index is 0.134. The summed E-state index contributed by atoms with van der Waals surface area (Å²) in [5.74, 6) is 0. The van der Waals surface area contributed by atoms with Gasteiger partial charge in [-0.25, -0.2) is 0 Å². The molecule has 0 aliphatic rings. The maximum atomic E-state index is 6.27. The zero-order valence-electron chi connectivity index (χ0n) is 12.4. The number of halogens is 1. The molecule has 0 radical (unpaired) electrons. The number of rotatable bonds is 9. The number of hydrogen-bond acceptors (Lipinski definition) is 1. The molecule has 0 bridgehead atoms. The molecule has 1 nitrogen and oxygen atoms in total. The first-order valence-corrected chi connectivity index (χ1v) is 8.04. The van der Waals surface area contributed by atoms with Gasteiger partial charge in [-0.1, -0.05) is 69.5 Å². The van der Waals surface area contributed by atoms with Gasteiger partial charge in [0.25, 0.3) is 0 Å². The SMILES string of the molecule is CCCCCCCCCC(N)c1cc(Cl)ccc1C. The molecule has 0 heterocycles. The maximum Gasteiger partial charge on any atom is 0.0409 e. The van der Waals surface area contributed by atoms with Gasteiger partial charge in [-0.05, 0) is 36.6 Å². The highest BCUT2D eigenvalue weighted by molar-refractivity contribution is 6.30. The quantitative estimate of drug-likeness (QED) is 0.570. The second-order valence-electron chi connectivity index (χ2n) is 5.52. The summed E-state index contributed by atoms with van der Waals surface area (Å²) in [4.78, 5) is 0. The lowest BCUT2D eigenvalue weighted by molar-refractivity contribution is 0.540. The summed E-state index contributed by atoms with van der Waals surface area (Å²) in [5.41, 5.74) is 8.73. The van der Waals surface area contributed by atoms with E-state index < -0.39 is 0 Å². The van der Waals surface area contributed by atoms with E-state index in [4.69, 9.17) is 17.3 Å². The second kappa shape index (κ2) is 9.39. The van der Waals surface area contributed by atoms with E-state index in [1.54, 1.807) is 0 Å². The van der Waals surface area contributed by atoms with Crippen molar-refractivity contribution in [3.63, 3.8) is 0 Å². The van der Waals surface area contributed by atoms with Crippen LogP contribution in [0, 0.1) is 6.92 Å². The predicted octanol–water partition coefficient (Wildman–Crippen LogP) is 5.79. The lowest BCUT2D eigenvalue weighted by Gasteiger charge is -2.15. The average Bonchev–Trinajstić information content (AvgIpc) is 2.40. The molecule has 1 rings (SSSR count). The molecular weight excluding hydrogens is 254 g/mol. The molecule has 0 aliphatic carbocycles. The van der Waals surface area contributed by atoms with Crippen molar-refractivity contribution in [1.29, 1.82) is 0 Å². The van der Waals surface area contributed by atoms with Crippen LogP contribution in [0.1, 0.15) is 75.5 Å². The topological polar surface area (TPSA) is 26.0 Å². The van der Waals surface area contributed by atoms with E-state index >= 15 is 0 Å². The van der Waals surface area contributed by atoms with Crippen molar-refractivity contribution in [2.24, 2.45) is 5.73 Å². The molecule has 2 N–H and O–H groups in total. The summed E-state index contributed by atoms with van der Waals surface area (Å²) in [6.45, 7) is 4.36. The summed E-state index contributed by atoms with van der Waals surface area (Å²) in [6.07, 6.45) is 10.4. The predicted molar refractivity (Wildman–Crippen MR) is 85.7 cm³/mol. The summed E-state index contributed by atoms with van der Waals surface area (Å²) in [5, 5.41) is 0.788. The number of nitrogens with two attached hydrogens (primary N) is 1. The third-order valence-electron chi connectivity index (χ3n) is 3.76. The Hall–Kier alpha value is -0.530. The van der Waals surface area contributed by atoms with Gasteiger partial charge in [0.2, 0.25) is 0 Å².